The van der Waals surface area contributed by atoms with Crippen molar-refractivity contribution in [2.75, 3.05) is 28.2 Å². The van der Waals surface area contributed by atoms with E-state index in [2.05, 4.69) is 0 Å². The Morgan fingerprint density at radius 1 is 1.00 bits per heavy atom. The molecule has 0 spiro atoms. The molecule has 1 aromatic carbocycles. The van der Waals surface area contributed by atoms with Crippen molar-refractivity contribution >= 4 is 11.8 Å². The van der Waals surface area contributed by atoms with Crippen LogP contribution in [0.4, 0.5) is 0 Å². The molecule has 0 aliphatic rings. The van der Waals surface area contributed by atoms with E-state index in [-0.39, 0.29) is 22.8 Å². The van der Waals surface area contributed by atoms with Crippen LogP contribution in [0.1, 0.15) is 20.7 Å². The van der Waals surface area contributed by atoms with E-state index in [1.807, 2.05) is 0 Å². The number of nitrogens with zero attached hydrogens (tertiary/aromatic N) is 2. The average molecular weight is 236 g/mol. The predicted octanol–water partition coefficient (Wildman–Crippen LogP) is 0.796. The molecule has 0 saturated carbocycles. The highest BCUT2D eigenvalue weighted by Crippen LogP contribution is 2.23. The molecule has 2 amide bonds. The lowest BCUT2D eigenvalue weighted by molar-refractivity contribution is 0.0787. The Kier molecular flexibility index (Phi) is 3.73. The van der Waals surface area contributed by atoms with Crippen molar-refractivity contribution in [2.24, 2.45) is 0 Å². The smallest absolute Gasteiger partial charge is 0.257 e. The van der Waals surface area contributed by atoms with Crippen LogP contribution < -0.4 is 0 Å². The Balaban J connectivity index is 3.37. The number of aromatic hydroxyl groups is 1. The molecule has 92 valence electrons. The maximum Gasteiger partial charge on any atom is 0.257 e. The molecule has 0 aromatic heterocycles. The summed E-state index contributed by atoms with van der Waals surface area (Å²) in [6, 6.07) is 4.46. The summed E-state index contributed by atoms with van der Waals surface area (Å²) in [5.74, 6) is -0.893. The molecular formula is C12H16N2O3. The van der Waals surface area contributed by atoms with Gasteiger partial charge in [-0.1, -0.05) is 6.07 Å². The van der Waals surface area contributed by atoms with Gasteiger partial charge in [-0.05, 0) is 12.1 Å². The predicted molar refractivity (Wildman–Crippen MR) is 64.1 cm³/mol. The number of benzene rings is 1. The number of hydrogen-bond donors (Lipinski definition) is 1. The Bertz CT molecular complexity index is 453. The van der Waals surface area contributed by atoms with Crippen molar-refractivity contribution in [1.29, 1.82) is 0 Å². The summed E-state index contributed by atoms with van der Waals surface area (Å²) in [5, 5.41) is 9.72. The Hall–Kier alpha value is -2.04. The van der Waals surface area contributed by atoms with Gasteiger partial charge in [0.25, 0.3) is 11.8 Å². The minimum atomic E-state index is -0.395. The number of carbonyl (C=O) groups excluding carboxylic acids is 2. The number of carbonyl (C=O) groups is 2. The van der Waals surface area contributed by atoms with E-state index in [4.69, 9.17) is 0 Å². The molecule has 0 saturated heterocycles. The van der Waals surface area contributed by atoms with Gasteiger partial charge in [0.2, 0.25) is 0 Å². The first-order chi connectivity index (χ1) is 7.86. The highest BCUT2D eigenvalue weighted by molar-refractivity contribution is 6.08. The van der Waals surface area contributed by atoms with Gasteiger partial charge in [-0.15, -0.1) is 0 Å². The SMILES string of the molecule is CN(C)C(=O)c1cccc(O)c1C(=O)N(C)C. The van der Waals surface area contributed by atoms with E-state index in [1.54, 1.807) is 34.3 Å². The number of phenols is 1. The Morgan fingerprint density at radius 3 is 2.00 bits per heavy atom. The standard InChI is InChI=1S/C12H16N2O3/c1-13(2)11(16)8-6-5-7-9(15)10(8)12(17)14(3)4/h5-7,15H,1-4H3. The summed E-state index contributed by atoms with van der Waals surface area (Å²) in [7, 11) is 6.32. The van der Waals surface area contributed by atoms with Crippen LogP contribution in [0.15, 0.2) is 18.2 Å². The van der Waals surface area contributed by atoms with Gasteiger partial charge in [-0.2, -0.15) is 0 Å². The fourth-order valence-electron chi connectivity index (χ4n) is 1.41. The lowest BCUT2D eigenvalue weighted by Crippen LogP contribution is -2.28. The van der Waals surface area contributed by atoms with Gasteiger partial charge in [-0.25, -0.2) is 0 Å². The summed E-state index contributed by atoms with van der Waals surface area (Å²) in [4.78, 5) is 26.5. The lowest BCUT2D eigenvalue weighted by atomic mass is 10.0. The zero-order valence-electron chi connectivity index (χ0n) is 10.4. The van der Waals surface area contributed by atoms with Gasteiger partial charge in [0, 0.05) is 28.2 Å². The maximum absolute atomic E-state index is 11.9. The largest absolute Gasteiger partial charge is 0.507 e. The van der Waals surface area contributed by atoms with E-state index in [0.717, 1.165) is 0 Å². The molecule has 0 atom stereocenters. The van der Waals surface area contributed by atoms with Crippen LogP contribution in [0, 0.1) is 0 Å². The molecule has 0 fully saturated rings. The zero-order chi connectivity index (χ0) is 13.2. The van der Waals surface area contributed by atoms with Gasteiger partial charge in [-0.3, -0.25) is 9.59 Å². The van der Waals surface area contributed by atoms with Gasteiger partial charge in [0.15, 0.2) is 0 Å². The molecule has 1 N–H and O–H groups in total. The fourth-order valence-corrected chi connectivity index (χ4v) is 1.41. The number of hydrogen-bond acceptors (Lipinski definition) is 3. The molecular weight excluding hydrogens is 220 g/mol. The summed E-state index contributed by atoms with van der Waals surface area (Å²) in [6.07, 6.45) is 0. The second-order valence-electron chi connectivity index (χ2n) is 4.10. The molecule has 5 heteroatoms. The third kappa shape index (κ3) is 2.55. The number of amides is 2. The highest BCUT2D eigenvalue weighted by Gasteiger charge is 2.22. The van der Waals surface area contributed by atoms with Crippen LogP contribution in [0.5, 0.6) is 5.75 Å². The van der Waals surface area contributed by atoms with Gasteiger partial charge >= 0.3 is 0 Å². The van der Waals surface area contributed by atoms with Crippen LogP contribution >= 0.6 is 0 Å². The van der Waals surface area contributed by atoms with Crippen LogP contribution in [0.25, 0.3) is 0 Å². The minimum absolute atomic E-state index is 0.0381. The Morgan fingerprint density at radius 2 is 1.53 bits per heavy atom. The molecule has 17 heavy (non-hydrogen) atoms. The Labute approximate surface area is 100 Å². The summed E-state index contributed by atoms with van der Waals surface area (Å²) < 4.78 is 0. The maximum atomic E-state index is 11.9. The monoisotopic (exact) mass is 236 g/mol. The number of rotatable bonds is 2. The van der Waals surface area contributed by atoms with Gasteiger partial charge in [0.05, 0.1) is 11.1 Å². The summed E-state index contributed by atoms with van der Waals surface area (Å²) >= 11 is 0. The lowest BCUT2D eigenvalue weighted by Gasteiger charge is -2.17. The van der Waals surface area contributed by atoms with Crippen LogP contribution in [0.3, 0.4) is 0 Å². The molecule has 1 aromatic rings. The van der Waals surface area contributed by atoms with E-state index in [9.17, 15) is 14.7 Å². The molecule has 0 bridgehead atoms. The second kappa shape index (κ2) is 4.86. The van der Waals surface area contributed by atoms with Crippen molar-refractivity contribution in [3.05, 3.63) is 29.3 Å². The molecule has 1 rings (SSSR count). The molecule has 5 nitrogen and oxygen atoms in total. The third-order valence-electron chi connectivity index (χ3n) is 2.30. The first-order valence-electron chi connectivity index (χ1n) is 5.11. The molecule has 0 heterocycles. The van der Waals surface area contributed by atoms with Crippen molar-refractivity contribution in [1.82, 2.24) is 9.80 Å². The number of phenolic OH excluding ortho intramolecular Hbond substituents is 1. The normalized spacial score (nSPS) is 9.88. The quantitative estimate of drug-likeness (QED) is 0.826. The molecule has 0 aliphatic carbocycles. The summed E-state index contributed by atoms with van der Waals surface area (Å²) in [6.45, 7) is 0. The minimum Gasteiger partial charge on any atom is -0.507 e. The van der Waals surface area contributed by atoms with Gasteiger partial charge < -0.3 is 14.9 Å². The molecule has 0 radical (unpaired) electrons. The van der Waals surface area contributed by atoms with Crippen LogP contribution in [-0.2, 0) is 0 Å². The third-order valence-corrected chi connectivity index (χ3v) is 2.30. The molecule has 0 unspecified atom stereocenters. The van der Waals surface area contributed by atoms with Crippen molar-refractivity contribution in [3.8, 4) is 5.75 Å². The molecule has 0 aliphatic heterocycles. The van der Waals surface area contributed by atoms with E-state index < -0.39 is 5.91 Å². The first-order valence-corrected chi connectivity index (χ1v) is 5.11. The fraction of sp³-hybridized carbons (Fsp3) is 0.333. The van der Waals surface area contributed by atoms with E-state index in [1.165, 1.54) is 21.9 Å². The summed E-state index contributed by atoms with van der Waals surface area (Å²) in [5.41, 5.74) is 0.241. The zero-order valence-corrected chi connectivity index (χ0v) is 10.4. The van der Waals surface area contributed by atoms with E-state index >= 15 is 0 Å². The van der Waals surface area contributed by atoms with Crippen molar-refractivity contribution in [3.63, 3.8) is 0 Å². The topological polar surface area (TPSA) is 60.9 Å². The second-order valence-corrected chi connectivity index (χ2v) is 4.10. The van der Waals surface area contributed by atoms with Crippen molar-refractivity contribution < 1.29 is 14.7 Å². The average Bonchev–Trinajstić information content (AvgIpc) is 2.26. The highest BCUT2D eigenvalue weighted by atomic mass is 16.3. The van der Waals surface area contributed by atoms with Gasteiger partial charge in [0.1, 0.15) is 5.75 Å². The van der Waals surface area contributed by atoms with Crippen LogP contribution in [-0.4, -0.2) is 54.9 Å². The van der Waals surface area contributed by atoms with E-state index in [0.29, 0.717) is 0 Å². The first kappa shape index (κ1) is 13.0. The van der Waals surface area contributed by atoms with Crippen molar-refractivity contribution in [2.45, 2.75) is 0 Å². The van der Waals surface area contributed by atoms with Crippen LogP contribution in [0.2, 0.25) is 0 Å².